The van der Waals surface area contributed by atoms with E-state index in [1.165, 1.54) is 36.0 Å². The van der Waals surface area contributed by atoms with Crippen LogP contribution in [0.1, 0.15) is 47.8 Å². The smallest absolute Gasteiger partial charge is 0.164 e. The molecule has 1 unspecified atom stereocenters. The van der Waals surface area contributed by atoms with Gasteiger partial charge in [0.25, 0.3) is 0 Å². The van der Waals surface area contributed by atoms with Gasteiger partial charge in [-0.1, -0.05) is 36.4 Å². The number of ether oxygens (including phenoxy) is 2. The molecule has 1 N–H and O–H groups in total. The van der Waals surface area contributed by atoms with E-state index in [9.17, 15) is 0 Å². The van der Waals surface area contributed by atoms with Crippen LogP contribution in [0.5, 0.6) is 11.5 Å². The molecule has 2 aliphatic rings. The van der Waals surface area contributed by atoms with Crippen LogP contribution in [0.3, 0.4) is 0 Å². The summed E-state index contributed by atoms with van der Waals surface area (Å²) < 4.78 is 11.3. The van der Waals surface area contributed by atoms with Crippen molar-refractivity contribution in [1.29, 1.82) is 0 Å². The summed E-state index contributed by atoms with van der Waals surface area (Å²) in [6, 6.07) is 15.8. The van der Waals surface area contributed by atoms with Gasteiger partial charge in [-0.3, -0.25) is 0 Å². The van der Waals surface area contributed by atoms with E-state index in [0.29, 0.717) is 17.9 Å². The highest BCUT2D eigenvalue weighted by Crippen LogP contribution is 2.48. The molecule has 0 bridgehead atoms. The third-order valence-electron chi connectivity index (χ3n) is 5.93. The van der Waals surface area contributed by atoms with Gasteiger partial charge in [0.2, 0.25) is 0 Å². The molecule has 2 aromatic rings. The highest BCUT2D eigenvalue weighted by molar-refractivity contribution is 5.85. The minimum absolute atomic E-state index is 0. The highest BCUT2D eigenvalue weighted by Gasteiger charge is 2.36. The van der Waals surface area contributed by atoms with E-state index in [-0.39, 0.29) is 12.4 Å². The first-order chi connectivity index (χ1) is 12.3. The van der Waals surface area contributed by atoms with E-state index in [1.54, 1.807) is 14.2 Å². The van der Waals surface area contributed by atoms with Gasteiger partial charge in [-0.05, 0) is 55.3 Å². The third kappa shape index (κ3) is 3.43. The van der Waals surface area contributed by atoms with Gasteiger partial charge >= 0.3 is 0 Å². The Hall–Kier alpha value is -1.71. The third-order valence-corrected chi connectivity index (χ3v) is 5.93. The molecule has 1 fully saturated rings. The Morgan fingerprint density at radius 3 is 2.46 bits per heavy atom. The Labute approximate surface area is 162 Å². The second-order valence-corrected chi connectivity index (χ2v) is 7.23. The molecule has 0 spiro atoms. The summed E-state index contributed by atoms with van der Waals surface area (Å²) in [5, 5.41) is 3.73. The number of nitrogens with one attached hydrogen (secondary N) is 1. The number of methoxy groups -OCH3 is 2. The van der Waals surface area contributed by atoms with Crippen LogP contribution in [-0.4, -0.2) is 26.8 Å². The zero-order chi connectivity index (χ0) is 17.2. The van der Waals surface area contributed by atoms with Crippen LogP contribution in [0.4, 0.5) is 0 Å². The lowest BCUT2D eigenvalue weighted by molar-refractivity contribution is 0.340. The standard InChI is InChI=1S/C22H27NO2.ClH/c1-24-21-11-10-17-18(20-9-6-12-23-20)13-16(14-19(17)22(21)25-2)15-7-4-3-5-8-15;/h3-5,7-8,10-11,16,18,20,23H,6,9,12-14H2,1-2H3;1H/t16-,18-,20?;/m1./s1. The topological polar surface area (TPSA) is 30.5 Å². The Morgan fingerprint density at radius 2 is 1.81 bits per heavy atom. The summed E-state index contributed by atoms with van der Waals surface area (Å²) in [6.07, 6.45) is 4.76. The second-order valence-electron chi connectivity index (χ2n) is 7.23. The molecule has 2 aromatic carbocycles. The molecule has 4 rings (SSSR count). The number of hydrogen-bond donors (Lipinski definition) is 1. The van der Waals surface area contributed by atoms with E-state index in [2.05, 4.69) is 47.8 Å². The molecule has 0 amide bonds. The van der Waals surface area contributed by atoms with Crippen LogP contribution in [-0.2, 0) is 6.42 Å². The molecule has 0 saturated carbocycles. The molecule has 1 heterocycles. The second kappa shape index (κ2) is 8.32. The summed E-state index contributed by atoms with van der Waals surface area (Å²) in [4.78, 5) is 0. The Bertz CT molecular complexity index is 728. The molecular weight excluding hydrogens is 346 g/mol. The molecule has 4 heteroatoms. The van der Waals surface area contributed by atoms with Crippen LogP contribution in [0.15, 0.2) is 42.5 Å². The minimum Gasteiger partial charge on any atom is -0.493 e. The molecular formula is C22H28ClNO2. The van der Waals surface area contributed by atoms with Crippen molar-refractivity contribution in [1.82, 2.24) is 5.32 Å². The summed E-state index contributed by atoms with van der Waals surface area (Å²) >= 11 is 0. The van der Waals surface area contributed by atoms with E-state index in [4.69, 9.17) is 9.47 Å². The van der Waals surface area contributed by atoms with E-state index in [0.717, 1.165) is 24.5 Å². The average molecular weight is 374 g/mol. The molecule has 3 atom stereocenters. The van der Waals surface area contributed by atoms with Crippen molar-refractivity contribution in [3.8, 4) is 11.5 Å². The zero-order valence-electron chi connectivity index (χ0n) is 15.5. The van der Waals surface area contributed by atoms with Gasteiger partial charge in [-0.25, -0.2) is 0 Å². The maximum atomic E-state index is 5.78. The molecule has 0 radical (unpaired) electrons. The number of hydrogen-bond acceptors (Lipinski definition) is 3. The monoisotopic (exact) mass is 373 g/mol. The summed E-state index contributed by atoms with van der Waals surface area (Å²) in [7, 11) is 3.48. The maximum Gasteiger partial charge on any atom is 0.164 e. The van der Waals surface area contributed by atoms with Crippen molar-refractivity contribution < 1.29 is 9.47 Å². The average Bonchev–Trinajstić information content (AvgIpc) is 3.21. The maximum absolute atomic E-state index is 5.78. The minimum atomic E-state index is 0. The van der Waals surface area contributed by atoms with Crippen molar-refractivity contribution in [3.05, 3.63) is 59.2 Å². The molecule has 3 nitrogen and oxygen atoms in total. The normalized spacial score (nSPS) is 24.5. The fraction of sp³-hybridized carbons (Fsp3) is 0.455. The Balaban J connectivity index is 0.00000196. The first-order valence-corrected chi connectivity index (χ1v) is 9.34. The summed E-state index contributed by atoms with van der Waals surface area (Å²) in [6.45, 7) is 1.14. The van der Waals surface area contributed by atoms with Gasteiger partial charge in [-0.15, -0.1) is 12.4 Å². The van der Waals surface area contributed by atoms with E-state index < -0.39 is 0 Å². The number of halogens is 1. The Morgan fingerprint density at radius 1 is 1.00 bits per heavy atom. The highest BCUT2D eigenvalue weighted by atomic mass is 35.5. The summed E-state index contributed by atoms with van der Waals surface area (Å²) in [5.41, 5.74) is 4.21. The molecule has 1 aliphatic heterocycles. The lowest BCUT2D eigenvalue weighted by atomic mass is 9.71. The van der Waals surface area contributed by atoms with Crippen LogP contribution in [0.25, 0.3) is 0 Å². The quantitative estimate of drug-likeness (QED) is 0.843. The predicted octanol–water partition coefficient (Wildman–Crippen LogP) is 4.69. The number of rotatable bonds is 4. The first kappa shape index (κ1) is 19.1. The van der Waals surface area contributed by atoms with Crippen LogP contribution < -0.4 is 14.8 Å². The molecule has 1 aliphatic carbocycles. The van der Waals surface area contributed by atoms with Crippen LogP contribution in [0, 0.1) is 0 Å². The number of fused-ring (bicyclic) bond motifs is 1. The van der Waals surface area contributed by atoms with Gasteiger partial charge in [-0.2, -0.15) is 0 Å². The molecule has 0 aromatic heterocycles. The first-order valence-electron chi connectivity index (χ1n) is 9.34. The lowest BCUT2D eigenvalue weighted by Gasteiger charge is -2.36. The van der Waals surface area contributed by atoms with Crippen LogP contribution in [0.2, 0.25) is 0 Å². The SMILES string of the molecule is COc1ccc2c(c1OC)C[C@H](c1ccccc1)C[C@H]2C1CCCN1.Cl. The van der Waals surface area contributed by atoms with Gasteiger partial charge < -0.3 is 14.8 Å². The van der Waals surface area contributed by atoms with Gasteiger partial charge in [0, 0.05) is 17.5 Å². The largest absolute Gasteiger partial charge is 0.493 e. The molecule has 1 saturated heterocycles. The van der Waals surface area contributed by atoms with Crippen molar-refractivity contribution in [2.45, 2.75) is 43.6 Å². The number of benzene rings is 2. The van der Waals surface area contributed by atoms with Crippen molar-refractivity contribution in [2.24, 2.45) is 0 Å². The van der Waals surface area contributed by atoms with Gasteiger partial charge in [0.1, 0.15) is 0 Å². The van der Waals surface area contributed by atoms with Gasteiger partial charge in [0.15, 0.2) is 11.5 Å². The predicted molar refractivity (Wildman–Crippen MR) is 108 cm³/mol. The Kier molecular flexibility index (Phi) is 6.10. The molecule has 140 valence electrons. The fourth-order valence-corrected chi connectivity index (χ4v) is 4.74. The fourth-order valence-electron chi connectivity index (χ4n) is 4.74. The van der Waals surface area contributed by atoms with Crippen molar-refractivity contribution >= 4 is 12.4 Å². The van der Waals surface area contributed by atoms with E-state index >= 15 is 0 Å². The van der Waals surface area contributed by atoms with Crippen molar-refractivity contribution in [3.63, 3.8) is 0 Å². The van der Waals surface area contributed by atoms with Gasteiger partial charge in [0.05, 0.1) is 14.2 Å². The summed E-state index contributed by atoms with van der Waals surface area (Å²) in [5.74, 6) is 2.83. The molecule has 26 heavy (non-hydrogen) atoms. The lowest BCUT2D eigenvalue weighted by Crippen LogP contribution is -2.33. The van der Waals surface area contributed by atoms with Crippen molar-refractivity contribution in [2.75, 3.05) is 20.8 Å². The zero-order valence-corrected chi connectivity index (χ0v) is 16.4. The van der Waals surface area contributed by atoms with E-state index in [1.807, 2.05) is 0 Å². The van der Waals surface area contributed by atoms with Crippen LogP contribution >= 0.6 is 12.4 Å².